The molecule has 0 heterocycles. The van der Waals surface area contributed by atoms with Crippen LogP contribution in [0.5, 0.6) is 0 Å². The number of aliphatic hydroxyl groups is 3. The van der Waals surface area contributed by atoms with Crippen molar-refractivity contribution in [3.63, 3.8) is 0 Å². The van der Waals surface area contributed by atoms with E-state index in [0.717, 1.165) is 0 Å². The van der Waals surface area contributed by atoms with Crippen molar-refractivity contribution < 1.29 is 115 Å². The number of aliphatic hydroxyl groups excluding tert-OH is 3. The molecule has 0 radical (unpaired) electrons. The van der Waals surface area contributed by atoms with Gasteiger partial charge in [-0.1, -0.05) is 0 Å². The van der Waals surface area contributed by atoms with Gasteiger partial charge in [0.15, 0.2) is 18.3 Å². The van der Waals surface area contributed by atoms with Crippen molar-refractivity contribution in [3.8, 4) is 0 Å². The molecule has 0 amide bonds. The summed E-state index contributed by atoms with van der Waals surface area (Å²) in [6.07, 6.45) is -17.4. The highest BCUT2D eigenvalue weighted by molar-refractivity contribution is 7.47. The highest BCUT2D eigenvalue weighted by atomic mass is 31.2. The first kappa shape index (κ1) is 44.5. The first-order chi connectivity index (χ1) is 22.3. The zero-order chi connectivity index (χ0) is 36.5. The number of hydrogen-bond acceptors (Lipinski definition) is 18. The molecular weight excluding hydrogens is 729 g/mol. The Hall–Kier alpha value is -1.50. The van der Waals surface area contributed by atoms with Crippen molar-refractivity contribution in [2.24, 2.45) is 0 Å². The number of carbonyl (C=O) groups is 3. The maximum absolute atomic E-state index is 12.8. The van der Waals surface area contributed by atoms with Gasteiger partial charge in [-0.05, 0) is 0 Å². The van der Waals surface area contributed by atoms with E-state index in [4.69, 9.17) is 43.7 Å². The van der Waals surface area contributed by atoms with E-state index in [9.17, 15) is 57.4 Å². The average Bonchev–Trinajstić information content (AvgIpc) is 2.95. The summed E-state index contributed by atoms with van der Waals surface area (Å²) in [6, 6.07) is 0. The average molecular weight is 768 g/mol. The zero-order valence-electron chi connectivity index (χ0n) is 24.9. The van der Waals surface area contributed by atoms with E-state index in [2.05, 4.69) is 13.6 Å². The van der Waals surface area contributed by atoms with Gasteiger partial charge in [-0.3, -0.25) is 28.0 Å². The number of phosphoric acid groups is 3. The Morgan fingerprint density at radius 1 is 0.417 bits per heavy atom. The third kappa shape index (κ3) is 18.5. The number of carbonyl (C=O) groups excluding carboxylic acids is 3. The monoisotopic (exact) mass is 768 g/mol. The van der Waals surface area contributed by atoms with Gasteiger partial charge in [-0.15, -0.1) is 0 Å². The molecule has 0 bridgehead atoms. The highest BCUT2D eigenvalue weighted by Crippen LogP contribution is 2.51. The summed E-state index contributed by atoms with van der Waals surface area (Å²) in [5, 5.41) is 26.6. The van der Waals surface area contributed by atoms with Crippen molar-refractivity contribution in [2.75, 3.05) is 59.5 Å². The Balaban J connectivity index is 3.83. The van der Waals surface area contributed by atoms with E-state index < -0.39 is 137 Å². The number of hydrogen-bond donors (Lipinski definition) is 9. The summed E-state index contributed by atoms with van der Waals surface area (Å²) in [6.45, 7) is -3.32. The lowest BCUT2D eigenvalue weighted by Crippen LogP contribution is -2.68. The molecule has 0 saturated heterocycles. The predicted octanol–water partition coefficient (Wildman–Crippen LogP) is -3.63. The van der Waals surface area contributed by atoms with Gasteiger partial charge in [0.25, 0.3) is 0 Å². The number of esters is 3. The van der Waals surface area contributed by atoms with E-state index in [1.54, 1.807) is 0 Å². The standard InChI is InChI=1S/C21H39O24P3/c22-4-10-37-7-1-13(25)40-16-17(41-14(26)2-8-38-11-5-23)19(43-46(28,29)30)21(45-48(34,35)36)20(44-47(31,32)33)18(16)42-15(27)3-9-39-12-6-24/h16-24H,1-12H2,(H2,28,29,30)(H2,31,32,33)(H2,34,35,36)/t16-,17-,18+,19-,20-,21-/m0/s1. The lowest BCUT2D eigenvalue weighted by Gasteiger charge is -2.47. The number of ether oxygens (including phenoxy) is 6. The van der Waals surface area contributed by atoms with Gasteiger partial charge >= 0.3 is 41.4 Å². The van der Waals surface area contributed by atoms with Gasteiger partial charge < -0.3 is 73.1 Å². The van der Waals surface area contributed by atoms with Crippen LogP contribution in [-0.4, -0.2) is 159 Å². The van der Waals surface area contributed by atoms with E-state index >= 15 is 0 Å². The molecule has 27 heteroatoms. The Morgan fingerprint density at radius 3 is 0.875 bits per heavy atom. The van der Waals surface area contributed by atoms with Crippen LogP contribution in [0.25, 0.3) is 0 Å². The van der Waals surface area contributed by atoms with E-state index in [-0.39, 0.29) is 19.8 Å². The first-order valence-corrected chi connectivity index (χ1v) is 18.3. The molecule has 0 unspecified atom stereocenters. The second-order valence-electron chi connectivity index (χ2n) is 9.30. The molecule has 1 saturated carbocycles. The van der Waals surface area contributed by atoms with Crippen LogP contribution < -0.4 is 0 Å². The van der Waals surface area contributed by atoms with Crippen LogP contribution in [0.2, 0.25) is 0 Å². The second kappa shape index (κ2) is 21.7. The summed E-state index contributed by atoms with van der Waals surface area (Å²) in [5.74, 6) is -3.94. The molecule has 1 aliphatic rings. The molecule has 1 fully saturated rings. The molecule has 9 N–H and O–H groups in total. The lowest BCUT2D eigenvalue weighted by molar-refractivity contribution is -0.241. The van der Waals surface area contributed by atoms with E-state index in [1.807, 2.05) is 0 Å². The molecule has 1 rings (SSSR count). The van der Waals surface area contributed by atoms with Crippen LogP contribution in [0.3, 0.4) is 0 Å². The SMILES string of the molecule is O=C(CCOCCO)O[C@@H]1[C@@H](OC(=O)CCOCCO)[C@H](OP(=O)(O)O)[C@@H](OP(=O)(O)O)[C@@H](OP(=O)(O)O)[C@H]1OC(=O)CCOCCO. The van der Waals surface area contributed by atoms with Crippen LogP contribution in [0.15, 0.2) is 0 Å². The number of rotatable bonds is 24. The molecule has 6 atom stereocenters. The number of phosphoric ester groups is 3. The molecule has 1 aliphatic carbocycles. The van der Waals surface area contributed by atoms with Crippen molar-refractivity contribution in [1.29, 1.82) is 0 Å². The normalized spacial score (nSPS) is 23.4. The summed E-state index contributed by atoms with van der Waals surface area (Å²) in [4.78, 5) is 96.2. The van der Waals surface area contributed by atoms with Gasteiger partial charge in [0.2, 0.25) is 0 Å². The van der Waals surface area contributed by atoms with Crippen molar-refractivity contribution >= 4 is 41.4 Å². The van der Waals surface area contributed by atoms with Gasteiger partial charge in [0.1, 0.15) is 18.3 Å². The van der Waals surface area contributed by atoms with Gasteiger partial charge in [-0.25, -0.2) is 13.7 Å². The van der Waals surface area contributed by atoms with Crippen LogP contribution in [0.1, 0.15) is 19.3 Å². The lowest BCUT2D eigenvalue weighted by atomic mass is 9.84. The van der Waals surface area contributed by atoms with E-state index in [1.165, 1.54) is 0 Å². The van der Waals surface area contributed by atoms with Gasteiger partial charge in [0.05, 0.1) is 78.7 Å². The van der Waals surface area contributed by atoms with Crippen LogP contribution in [0.4, 0.5) is 0 Å². The minimum atomic E-state index is -5.86. The van der Waals surface area contributed by atoms with Crippen molar-refractivity contribution in [3.05, 3.63) is 0 Å². The molecule has 0 aromatic heterocycles. The van der Waals surface area contributed by atoms with Crippen LogP contribution >= 0.6 is 23.5 Å². The summed E-state index contributed by atoms with van der Waals surface area (Å²) in [5.41, 5.74) is 0. The molecular formula is C21H39O24P3. The molecule has 0 aromatic rings. The first-order valence-electron chi connectivity index (χ1n) is 13.7. The van der Waals surface area contributed by atoms with Gasteiger partial charge in [0, 0.05) is 0 Å². The topological polar surface area (TPSA) is 368 Å². The molecule has 0 aromatic carbocycles. The largest absolute Gasteiger partial charge is 0.470 e. The molecule has 282 valence electrons. The Bertz CT molecular complexity index is 1070. The summed E-state index contributed by atoms with van der Waals surface area (Å²) < 4.78 is 80.3. The van der Waals surface area contributed by atoms with Crippen LogP contribution in [-0.2, 0) is 70.1 Å². The smallest absolute Gasteiger partial charge is 0.455 e. The third-order valence-corrected chi connectivity index (χ3v) is 7.14. The minimum absolute atomic E-state index is 0.230. The molecule has 24 nitrogen and oxygen atoms in total. The fraction of sp³-hybridized carbons (Fsp3) is 0.857. The van der Waals surface area contributed by atoms with Crippen molar-refractivity contribution in [1.82, 2.24) is 0 Å². The Kier molecular flexibility index (Phi) is 20.1. The Morgan fingerprint density at radius 2 is 0.646 bits per heavy atom. The quantitative estimate of drug-likeness (QED) is 0.0198. The summed E-state index contributed by atoms with van der Waals surface area (Å²) >= 11 is 0. The third-order valence-electron chi connectivity index (χ3n) is 5.58. The van der Waals surface area contributed by atoms with Crippen molar-refractivity contribution in [2.45, 2.75) is 55.9 Å². The maximum Gasteiger partial charge on any atom is 0.470 e. The fourth-order valence-corrected chi connectivity index (χ4v) is 5.63. The van der Waals surface area contributed by atoms with Crippen LogP contribution in [0, 0.1) is 0 Å². The van der Waals surface area contributed by atoms with Gasteiger partial charge in [-0.2, -0.15) is 0 Å². The summed E-state index contributed by atoms with van der Waals surface area (Å²) in [7, 11) is -17.5. The second-order valence-corrected chi connectivity index (χ2v) is 12.9. The predicted molar refractivity (Wildman–Crippen MR) is 148 cm³/mol. The van der Waals surface area contributed by atoms with E-state index in [0.29, 0.717) is 0 Å². The molecule has 0 spiro atoms. The Labute approximate surface area is 271 Å². The maximum atomic E-state index is 12.8. The zero-order valence-corrected chi connectivity index (χ0v) is 27.6. The molecule has 0 aliphatic heterocycles. The minimum Gasteiger partial charge on any atom is -0.455 e. The molecule has 48 heavy (non-hydrogen) atoms. The fourth-order valence-electron chi connectivity index (χ4n) is 3.96. The highest BCUT2D eigenvalue weighted by Gasteiger charge is 2.62.